The third-order valence-electron chi connectivity index (χ3n) is 3.10. The summed E-state index contributed by atoms with van der Waals surface area (Å²) in [7, 11) is 0. The predicted molar refractivity (Wildman–Crippen MR) is 71.7 cm³/mol. The molecule has 0 radical (unpaired) electrons. The number of aryl methyl sites for hydroxylation is 1. The van der Waals surface area contributed by atoms with Crippen LogP contribution in [0, 0.1) is 0 Å². The average molecular weight is 248 g/mol. The van der Waals surface area contributed by atoms with Gasteiger partial charge in [-0.1, -0.05) is 25.1 Å². The molecular weight excluding hydrogens is 228 g/mol. The van der Waals surface area contributed by atoms with Crippen molar-refractivity contribution in [2.45, 2.75) is 25.8 Å². The summed E-state index contributed by atoms with van der Waals surface area (Å²) in [4.78, 5) is 11.9. The lowest BCUT2D eigenvalue weighted by Gasteiger charge is -2.23. The van der Waals surface area contributed by atoms with Gasteiger partial charge < -0.3 is 15.4 Å². The Morgan fingerprint density at radius 3 is 3.06 bits per heavy atom. The lowest BCUT2D eigenvalue weighted by Crippen LogP contribution is -2.43. The van der Waals surface area contributed by atoms with Crippen LogP contribution >= 0.6 is 0 Å². The molecule has 1 amide bonds. The first kappa shape index (κ1) is 13.1. The first-order chi connectivity index (χ1) is 8.79. The lowest BCUT2D eigenvalue weighted by molar-refractivity contribution is -0.117. The third-order valence-corrected chi connectivity index (χ3v) is 3.10. The minimum absolute atomic E-state index is 0.0406. The number of hydrogen-bond donors (Lipinski definition) is 2. The molecule has 2 rings (SSSR count). The van der Waals surface area contributed by atoms with Gasteiger partial charge in [-0.2, -0.15) is 0 Å². The topological polar surface area (TPSA) is 50.4 Å². The maximum Gasteiger partial charge on any atom is 0.226 e. The molecule has 1 fully saturated rings. The molecule has 1 unspecified atom stereocenters. The normalized spacial score (nSPS) is 19.5. The molecule has 0 bridgehead atoms. The van der Waals surface area contributed by atoms with Crippen LogP contribution in [0.5, 0.6) is 0 Å². The van der Waals surface area contributed by atoms with E-state index in [4.69, 9.17) is 4.74 Å². The zero-order valence-corrected chi connectivity index (χ0v) is 10.7. The van der Waals surface area contributed by atoms with Gasteiger partial charge in [0.25, 0.3) is 0 Å². The van der Waals surface area contributed by atoms with E-state index in [0.29, 0.717) is 13.0 Å². The Kier molecular flexibility index (Phi) is 4.73. The van der Waals surface area contributed by atoms with Gasteiger partial charge >= 0.3 is 0 Å². The van der Waals surface area contributed by atoms with E-state index < -0.39 is 0 Å². The number of carbonyl (C=O) groups is 1. The van der Waals surface area contributed by atoms with Gasteiger partial charge in [-0.15, -0.1) is 0 Å². The van der Waals surface area contributed by atoms with Crippen LogP contribution in [0.25, 0.3) is 0 Å². The lowest BCUT2D eigenvalue weighted by atomic mass is 10.1. The van der Waals surface area contributed by atoms with Gasteiger partial charge in [0.15, 0.2) is 0 Å². The molecule has 1 aliphatic rings. The molecule has 1 heterocycles. The molecule has 1 atom stereocenters. The predicted octanol–water partition coefficient (Wildman–Crippen LogP) is 1.57. The van der Waals surface area contributed by atoms with Crippen molar-refractivity contribution in [3.63, 3.8) is 0 Å². The summed E-state index contributed by atoms with van der Waals surface area (Å²) in [6, 6.07) is 8.05. The van der Waals surface area contributed by atoms with Crippen molar-refractivity contribution >= 4 is 11.6 Å². The number of benzene rings is 1. The molecule has 0 spiro atoms. The van der Waals surface area contributed by atoms with Crippen molar-refractivity contribution < 1.29 is 9.53 Å². The minimum Gasteiger partial charge on any atom is -0.378 e. The molecule has 1 saturated heterocycles. The maximum absolute atomic E-state index is 11.9. The second-order valence-electron chi connectivity index (χ2n) is 4.49. The van der Waals surface area contributed by atoms with E-state index in [1.165, 1.54) is 5.56 Å². The highest BCUT2D eigenvalue weighted by molar-refractivity contribution is 5.91. The van der Waals surface area contributed by atoms with E-state index in [1.54, 1.807) is 0 Å². The van der Waals surface area contributed by atoms with Crippen molar-refractivity contribution in [3.8, 4) is 0 Å². The monoisotopic (exact) mass is 248 g/mol. The van der Waals surface area contributed by atoms with Gasteiger partial charge in [0, 0.05) is 24.7 Å². The van der Waals surface area contributed by atoms with Crippen LogP contribution in [0.1, 0.15) is 18.9 Å². The molecule has 1 aromatic rings. The van der Waals surface area contributed by atoms with E-state index in [9.17, 15) is 4.79 Å². The zero-order valence-electron chi connectivity index (χ0n) is 10.7. The fourth-order valence-electron chi connectivity index (χ4n) is 2.13. The van der Waals surface area contributed by atoms with Crippen molar-refractivity contribution in [3.05, 3.63) is 29.8 Å². The molecule has 0 aromatic heterocycles. The second kappa shape index (κ2) is 6.52. The Hall–Kier alpha value is -1.39. The number of amides is 1. The number of anilines is 1. The van der Waals surface area contributed by atoms with Gasteiger partial charge in [0.1, 0.15) is 0 Å². The Morgan fingerprint density at radius 2 is 2.33 bits per heavy atom. The van der Waals surface area contributed by atoms with Gasteiger partial charge in [-0.3, -0.25) is 4.79 Å². The van der Waals surface area contributed by atoms with Crippen molar-refractivity contribution in [2.75, 3.05) is 25.1 Å². The maximum atomic E-state index is 11.9. The van der Waals surface area contributed by atoms with Crippen LogP contribution in [0.2, 0.25) is 0 Å². The molecule has 4 heteroatoms. The van der Waals surface area contributed by atoms with Gasteiger partial charge in [0.2, 0.25) is 5.91 Å². The summed E-state index contributed by atoms with van der Waals surface area (Å²) < 4.78 is 5.34. The zero-order chi connectivity index (χ0) is 12.8. The summed E-state index contributed by atoms with van der Waals surface area (Å²) >= 11 is 0. The molecule has 1 aromatic carbocycles. The van der Waals surface area contributed by atoms with Crippen molar-refractivity contribution in [2.24, 2.45) is 0 Å². The Labute approximate surface area is 108 Å². The van der Waals surface area contributed by atoms with Gasteiger partial charge in [0.05, 0.1) is 13.2 Å². The molecular formula is C14H20N2O2. The molecule has 18 heavy (non-hydrogen) atoms. The van der Waals surface area contributed by atoms with E-state index in [-0.39, 0.29) is 11.9 Å². The second-order valence-corrected chi connectivity index (χ2v) is 4.49. The Balaban J connectivity index is 1.90. The molecule has 98 valence electrons. The van der Waals surface area contributed by atoms with Crippen LogP contribution in [-0.2, 0) is 16.0 Å². The minimum atomic E-state index is 0.0406. The number of morpholine rings is 1. The van der Waals surface area contributed by atoms with Crippen LogP contribution in [0.15, 0.2) is 24.3 Å². The van der Waals surface area contributed by atoms with Crippen molar-refractivity contribution in [1.82, 2.24) is 5.32 Å². The SMILES string of the molecule is CCc1ccccc1NC(=O)CC1COCCN1. The van der Waals surface area contributed by atoms with Crippen LogP contribution in [0.3, 0.4) is 0 Å². The fourth-order valence-corrected chi connectivity index (χ4v) is 2.13. The number of carbonyl (C=O) groups excluding carboxylic acids is 1. The number of para-hydroxylation sites is 1. The first-order valence-electron chi connectivity index (χ1n) is 6.48. The van der Waals surface area contributed by atoms with Gasteiger partial charge in [-0.25, -0.2) is 0 Å². The van der Waals surface area contributed by atoms with Crippen molar-refractivity contribution in [1.29, 1.82) is 0 Å². The molecule has 4 nitrogen and oxygen atoms in total. The highest BCUT2D eigenvalue weighted by Crippen LogP contribution is 2.15. The molecule has 0 aliphatic carbocycles. The average Bonchev–Trinajstić information content (AvgIpc) is 2.40. The summed E-state index contributed by atoms with van der Waals surface area (Å²) in [6.45, 7) is 4.25. The van der Waals surface area contributed by atoms with Crippen LogP contribution in [0.4, 0.5) is 5.69 Å². The van der Waals surface area contributed by atoms with E-state index in [0.717, 1.165) is 25.3 Å². The van der Waals surface area contributed by atoms with E-state index in [1.807, 2.05) is 24.3 Å². The summed E-state index contributed by atoms with van der Waals surface area (Å²) in [5, 5.41) is 6.25. The number of nitrogens with one attached hydrogen (secondary N) is 2. The Bertz CT molecular complexity index is 401. The van der Waals surface area contributed by atoms with E-state index in [2.05, 4.69) is 17.6 Å². The Morgan fingerprint density at radius 1 is 1.50 bits per heavy atom. The third kappa shape index (κ3) is 3.55. The largest absolute Gasteiger partial charge is 0.378 e. The smallest absolute Gasteiger partial charge is 0.226 e. The standard InChI is InChI=1S/C14H20N2O2/c1-2-11-5-3-4-6-13(11)16-14(17)9-12-10-18-8-7-15-12/h3-6,12,15H,2,7-10H2,1H3,(H,16,17). The van der Waals surface area contributed by atoms with Crippen LogP contribution in [-0.4, -0.2) is 31.7 Å². The molecule has 1 aliphatic heterocycles. The number of hydrogen-bond acceptors (Lipinski definition) is 3. The first-order valence-corrected chi connectivity index (χ1v) is 6.48. The molecule has 2 N–H and O–H groups in total. The number of rotatable bonds is 4. The molecule has 0 saturated carbocycles. The van der Waals surface area contributed by atoms with Gasteiger partial charge in [-0.05, 0) is 18.1 Å². The quantitative estimate of drug-likeness (QED) is 0.850. The highest BCUT2D eigenvalue weighted by atomic mass is 16.5. The highest BCUT2D eigenvalue weighted by Gasteiger charge is 2.17. The van der Waals surface area contributed by atoms with Crippen LogP contribution < -0.4 is 10.6 Å². The summed E-state index contributed by atoms with van der Waals surface area (Å²) in [5.41, 5.74) is 2.08. The number of ether oxygens (including phenoxy) is 1. The fraction of sp³-hybridized carbons (Fsp3) is 0.500. The van der Waals surface area contributed by atoms with E-state index >= 15 is 0 Å². The summed E-state index contributed by atoms with van der Waals surface area (Å²) in [5.74, 6) is 0.0406. The summed E-state index contributed by atoms with van der Waals surface area (Å²) in [6.07, 6.45) is 1.37.